The zero-order chi connectivity index (χ0) is 17.3. The number of unbranched alkanes of at least 4 members (excludes halogenated alkanes) is 1. The van der Waals surface area contributed by atoms with Crippen molar-refractivity contribution in [1.29, 1.82) is 0 Å². The third-order valence-corrected chi connectivity index (χ3v) is 4.43. The molecule has 0 aliphatic rings. The van der Waals surface area contributed by atoms with E-state index in [0.717, 1.165) is 50.3 Å². The van der Waals surface area contributed by atoms with E-state index < -0.39 is 5.41 Å². The monoisotopic (exact) mass is 320 g/mol. The predicted octanol–water partition coefficient (Wildman–Crippen LogP) is 3.21. The molecule has 0 saturated heterocycles. The van der Waals surface area contributed by atoms with Gasteiger partial charge in [0.05, 0.1) is 12.5 Å². The van der Waals surface area contributed by atoms with Gasteiger partial charge in [0.1, 0.15) is 5.75 Å². The van der Waals surface area contributed by atoms with Crippen molar-refractivity contribution in [3.05, 3.63) is 29.8 Å². The molecule has 4 heteroatoms. The van der Waals surface area contributed by atoms with Crippen LogP contribution in [0, 0.1) is 0 Å². The van der Waals surface area contributed by atoms with Gasteiger partial charge in [-0.25, -0.2) is 0 Å². The topological polar surface area (TPSA) is 41.6 Å². The number of nitrogens with zero attached hydrogens (tertiary/aromatic N) is 1. The van der Waals surface area contributed by atoms with E-state index in [0.29, 0.717) is 0 Å². The van der Waals surface area contributed by atoms with Gasteiger partial charge in [-0.15, -0.1) is 0 Å². The number of carbonyl (C=O) groups excluding carboxylic acids is 1. The van der Waals surface area contributed by atoms with E-state index in [1.807, 2.05) is 38.1 Å². The highest BCUT2D eigenvalue weighted by Gasteiger charge is 2.32. The van der Waals surface area contributed by atoms with Crippen LogP contribution in [0.3, 0.4) is 0 Å². The number of amides is 1. The minimum atomic E-state index is -0.606. The van der Waals surface area contributed by atoms with Crippen LogP contribution in [0.25, 0.3) is 0 Å². The van der Waals surface area contributed by atoms with Crippen LogP contribution < -0.4 is 10.1 Å². The largest absolute Gasteiger partial charge is 0.496 e. The number of carbonyl (C=O) groups is 1. The molecule has 0 atom stereocenters. The first-order chi connectivity index (χ1) is 11.0. The first kappa shape index (κ1) is 19.5. The molecule has 0 aliphatic heterocycles. The first-order valence-electron chi connectivity index (χ1n) is 8.61. The lowest BCUT2D eigenvalue weighted by molar-refractivity contribution is -0.125. The molecular weight excluding hydrogens is 288 g/mol. The Labute approximate surface area is 141 Å². The Kier molecular flexibility index (Phi) is 8.10. The van der Waals surface area contributed by atoms with Crippen LogP contribution >= 0.6 is 0 Å². The number of ether oxygens (including phenoxy) is 1. The second kappa shape index (κ2) is 9.56. The van der Waals surface area contributed by atoms with Gasteiger partial charge in [0, 0.05) is 12.1 Å². The Bertz CT molecular complexity index is 482. The number of rotatable bonds is 10. The van der Waals surface area contributed by atoms with E-state index in [2.05, 4.69) is 24.1 Å². The van der Waals surface area contributed by atoms with Crippen molar-refractivity contribution >= 4 is 5.91 Å². The van der Waals surface area contributed by atoms with Gasteiger partial charge in [-0.2, -0.15) is 0 Å². The van der Waals surface area contributed by atoms with Crippen molar-refractivity contribution < 1.29 is 9.53 Å². The Balaban J connectivity index is 2.50. The predicted molar refractivity (Wildman–Crippen MR) is 96.1 cm³/mol. The molecule has 0 bridgehead atoms. The van der Waals surface area contributed by atoms with E-state index in [-0.39, 0.29) is 5.91 Å². The molecule has 23 heavy (non-hydrogen) atoms. The van der Waals surface area contributed by atoms with Crippen LogP contribution in [0.4, 0.5) is 0 Å². The molecule has 0 aliphatic carbocycles. The molecule has 1 rings (SSSR count). The summed E-state index contributed by atoms with van der Waals surface area (Å²) in [6.07, 6.45) is 2.11. The quantitative estimate of drug-likeness (QED) is 0.673. The van der Waals surface area contributed by atoms with Crippen LogP contribution in [0.5, 0.6) is 5.75 Å². The van der Waals surface area contributed by atoms with E-state index in [4.69, 9.17) is 4.74 Å². The van der Waals surface area contributed by atoms with Crippen LogP contribution in [-0.4, -0.2) is 44.1 Å². The number of benzene rings is 1. The molecule has 0 spiro atoms. The van der Waals surface area contributed by atoms with E-state index in [9.17, 15) is 4.79 Å². The van der Waals surface area contributed by atoms with Crippen LogP contribution in [0.1, 0.15) is 46.1 Å². The Morgan fingerprint density at radius 2 is 1.83 bits per heavy atom. The summed E-state index contributed by atoms with van der Waals surface area (Å²) < 4.78 is 5.39. The zero-order valence-corrected chi connectivity index (χ0v) is 15.3. The summed E-state index contributed by atoms with van der Waals surface area (Å²) in [5.74, 6) is 0.805. The molecule has 1 N–H and O–H groups in total. The summed E-state index contributed by atoms with van der Waals surface area (Å²) in [6, 6.07) is 7.72. The number of nitrogens with one attached hydrogen (secondary N) is 1. The summed E-state index contributed by atoms with van der Waals surface area (Å²) in [7, 11) is 1.64. The van der Waals surface area contributed by atoms with Crippen molar-refractivity contribution in [3.63, 3.8) is 0 Å². The lowest BCUT2D eigenvalue weighted by Gasteiger charge is -2.26. The summed E-state index contributed by atoms with van der Waals surface area (Å²) in [4.78, 5) is 15.0. The van der Waals surface area contributed by atoms with Crippen molar-refractivity contribution in [1.82, 2.24) is 10.2 Å². The molecule has 1 amide bonds. The van der Waals surface area contributed by atoms with E-state index in [1.54, 1.807) is 7.11 Å². The molecular formula is C19H32N2O2. The molecule has 1 aromatic rings. The highest BCUT2D eigenvalue weighted by Crippen LogP contribution is 2.31. The average molecular weight is 320 g/mol. The van der Waals surface area contributed by atoms with Gasteiger partial charge in [0.25, 0.3) is 0 Å². The maximum absolute atomic E-state index is 12.6. The fourth-order valence-corrected chi connectivity index (χ4v) is 2.71. The van der Waals surface area contributed by atoms with Crippen LogP contribution in [0.15, 0.2) is 24.3 Å². The molecule has 0 heterocycles. The summed E-state index contributed by atoms with van der Waals surface area (Å²) in [5, 5.41) is 3.07. The number of para-hydroxylation sites is 1. The third kappa shape index (κ3) is 5.54. The minimum Gasteiger partial charge on any atom is -0.496 e. The Morgan fingerprint density at radius 1 is 1.17 bits per heavy atom. The Morgan fingerprint density at radius 3 is 2.43 bits per heavy atom. The Hall–Kier alpha value is -1.55. The first-order valence-corrected chi connectivity index (χ1v) is 8.61. The fourth-order valence-electron chi connectivity index (χ4n) is 2.71. The summed E-state index contributed by atoms with van der Waals surface area (Å²) >= 11 is 0. The van der Waals surface area contributed by atoms with Gasteiger partial charge in [-0.05, 0) is 52.4 Å². The van der Waals surface area contributed by atoms with Crippen molar-refractivity contribution in [2.24, 2.45) is 0 Å². The maximum atomic E-state index is 12.6. The summed E-state index contributed by atoms with van der Waals surface area (Å²) in [5.41, 5.74) is 0.314. The zero-order valence-electron chi connectivity index (χ0n) is 15.3. The second-order valence-corrected chi connectivity index (χ2v) is 6.32. The van der Waals surface area contributed by atoms with Crippen LogP contribution in [-0.2, 0) is 10.2 Å². The number of methoxy groups -OCH3 is 1. The smallest absolute Gasteiger partial charge is 0.230 e. The highest BCUT2D eigenvalue weighted by molar-refractivity contribution is 5.88. The molecule has 130 valence electrons. The van der Waals surface area contributed by atoms with Gasteiger partial charge in [-0.3, -0.25) is 4.79 Å². The normalized spacial score (nSPS) is 11.6. The van der Waals surface area contributed by atoms with Gasteiger partial charge in [0.15, 0.2) is 0 Å². The molecule has 0 radical (unpaired) electrons. The molecule has 0 fully saturated rings. The van der Waals surface area contributed by atoms with Gasteiger partial charge in [0.2, 0.25) is 5.91 Å². The third-order valence-electron chi connectivity index (χ3n) is 4.43. The lowest BCUT2D eigenvalue weighted by atomic mass is 9.83. The second-order valence-electron chi connectivity index (χ2n) is 6.32. The highest BCUT2D eigenvalue weighted by atomic mass is 16.5. The lowest BCUT2D eigenvalue weighted by Crippen LogP contribution is -2.40. The van der Waals surface area contributed by atoms with Gasteiger partial charge >= 0.3 is 0 Å². The van der Waals surface area contributed by atoms with Gasteiger partial charge < -0.3 is 15.0 Å². The molecule has 0 saturated carbocycles. The molecule has 0 aromatic heterocycles. The molecule has 0 unspecified atom stereocenters. The molecule has 1 aromatic carbocycles. The van der Waals surface area contributed by atoms with Crippen molar-refractivity contribution in [2.45, 2.75) is 46.0 Å². The van der Waals surface area contributed by atoms with Crippen LogP contribution in [0.2, 0.25) is 0 Å². The van der Waals surface area contributed by atoms with E-state index in [1.165, 1.54) is 0 Å². The minimum absolute atomic E-state index is 0.0461. The summed E-state index contributed by atoms with van der Waals surface area (Å²) in [6.45, 7) is 12.2. The average Bonchev–Trinajstić information content (AvgIpc) is 2.57. The SMILES string of the molecule is CCN(CC)CCCCNC(=O)C(C)(C)c1ccccc1OC. The van der Waals surface area contributed by atoms with Crippen molar-refractivity contribution in [2.75, 3.05) is 33.3 Å². The standard InChI is InChI=1S/C19H32N2O2/c1-6-21(7-2)15-11-10-14-20-18(22)19(3,4)16-12-8-9-13-17(16)23-5/h8-9,12-13H,6-7,10-11,14-15H2,1-5H3,(H,20,22). The number of hydrogen-bond acceptors (Lipinski definition) is 3. The maximum Gasteiger partial charge on any atom is 0.230 e. The van der Waals surface area contributed by atoms with Crippen molar-refractivity contribution in [3.8, 4) is 5.75 Å². The molecule has 4 nitrogen and oxygen atoms in total. The van der Waals surface area contributed by atoms with Gasteiger partial charge in [-0.1, -0.05) is 32.0 Å². The fraction of sp³-hybridized carbons (Fsp3) is 0.632. The van der Waals surface area contributed by atoms with E-state index >= 15 is 0 Å². The number of hydrogen-bond donors (Lipinski definition) is 1.